The summed E-state index contributed by atoms with van der Waals surface area (Å²) in [4.78, 5) is 8.01. The Balaban J connectivity index is 2.53. The van der Waals surface area contributed by atoms with Crippen LogP contribution in [0.15, 0.2) is 12.4 Å². The third kappa shape index (κ3) is 5.81. The van der Waals surface area contributed by atoms with Crippen LogP contribution in [-0.4, -0.2) is 43.0 Å². The molecule has 0 bridgehead atoms. The lowest BCUT2D eigenvalue weighted by atomic mass is 10.2. The molecule has 1 heterocycles. The largest absolute Gasteiger partial charge is 0.478 e. The van der Waals surface area contributed by atoms with Crippen LogP contribution < -0.4 is 10.1 Å². The van der Waals surface area contributed by atoms with Crippen molar-refractivity contribution in [1.82, 2.24) is 9.97 Å². The molecule has 1 N–H and O–H groups in total. The number of ether oxygens (including phenoxy) is 1. The van der Waals surface area contributed by atoms with Gasteiger partial charge in [-0.25, -0.2) is 18.4 Å². The van der Waals surface area contributed by atoms with Gasteiger partial charge in [-0.2, -0.15) is 0 Å². The highest BCUT2D eigenvalue weighted by Gasteiger charge is 2.08. The smallest absolute Gasteiger partial charge is 0.218 e. The number of hydrogen-bond donors (Lipinski definition) is 1. The highest BCUT2D eigenvalue weighted by molar-refractivity contribution is 7.90. The number of hydrogen-bond acceptors (Lipinski definition) is 6. The fourth-order valence-electron chi connectivity index (χ4n) is 1.36. The SMILES string of the molecule is CCOc1cc(NC(C)CCS(C)(=O)=O)ncn1. The zero-order valence-corrected chi connectivity index (χ0v) is 11.7. The first-order chi connectivity index (χ1) is 8.40. The molecule has 1 aromatic rings. The number of nitrogens with one attached hydrogen (secondary N) is 1. The first kappa shape index (κ1) is 14.7. The number of aromatic nitrogens is 2. The van der Waals surface area contributed by atoms with E-state index >= 15 is 0 Å². The van der Waals surface area contributed by atoms with Gasteiger partial charge in [0.25, 0.3) is 0 Å². The molecule has 0 aliphatic carbocycles. The molecule has 1 unspecified atom stereocenters. The summed E-state index contributed by atoms with van der Waals surface area (Å²) in [5, 5.41) is 3.12. The van der Waals surface area contributed by atoms with Crippen molar-refractivity contribution in [2.24, 2.45) is 0 Å². The predicted molar refractivity (Wildman–Crippen MR) is 70.6 cm³/mol. The van der Waals surface area contributed by atoms with Crippen molar-refractivity contribution >= 4 is 15.7 Å². The molecule has 0 aromatic carbocycles. The molecule has 1 aromatic heterocycles. The van der Waals surface area contributed by atoms with E-state index in [1.807, 2.05) is 13.8 Å². The summed E-state index contributed by atoms with van der Waals surface area (Å²) in [5.41, 5.74) is 0. The van der Waals surface area contributed by atoms with E-state index in [0.29, 0.717) is 24.7 Å². The van der Waals surface area contributed by atoms with Crippen LogP contribution >= 0.6 is 0 Å². The second kappa shape index (κ2) is 6.53. The second-order valence-electron chi connectivity index (χ2n) is 4.14. The number of anilines is 1. The molecule has 0 spiro atoms. The molecule has 102 valence electrons. The van der Waals surface area contributed by atoms with Crippen LogP contribution in [0.4, 0.5) is 5.82 Å². The molecule has 0 radical (unpaired) electrons. The fraction of sp³-hybridized carbons (Fsp3) is 0.636. The van der Waals surface area contributed by atoms with E-state index in [0.717, 1.165) is 0 Å². The quantitative estimate of drug-likeness (QED) is 0.801. The minimum atomic E-state index is -2.93. The fourth-order valence-corrected chi connectivity index (χ4v) is 2.14. The molecule has 1 atom stereocenters. The Labute approximate surface area is 108 Å². The summed E-state index contributed by atoms with van der Waals surface area (Å²) in [6.07, 6.45) is 3.18. The molecule has 0 fully saturated rings. The second-order valence-corrected chi connectivity index (χ2v) is 6.40. The van der Waals surface area contributed by atoms with Crippen LogP contribution in [0.25, 0.3) is 0 Å². The van der Waals surface area contributed by atoms with Gasteiger partial charge in [-0.15, -0.1) is 0 Å². The molecule has 0 aliphatic heterocycles. The normalized spacial score (nSPS) is 13.1. The lowest BCUT2D eigenvalue weighted by Crippen LogP contribution is -2.20. The van der Waals surface area contributed by atoms with E-state index in [4.69, 9.17) is 4.74 Å². The monoisotopic (exact) mass is 273 g/mol. The number of sulfone groups is 1. The van der Waals surface area contributed by atoms with Crippen molar-refractivity contribution in [2.45, 2.75) is 26.3 Å². The van der Waals surface area contributed by atoms with E-state index < -0.39 is 9.84 Å². The maximum absolute atomic E-state index is 11.1. The van der Waals surface area contributed by atoms with Gasteiger partial charge in [0.15, 0.2) is 0 Å². The molecular weight excluding hydrogens is 254 g/mol. The summed E-state index contributed by atoms with van der Waals surface area (Å²) in [6.45, 7) is 4.33. The van der Waals surface area contributed by atoms with Gasteiger partial charge in [0.2, 0.25) is 5.88 Å². The van der Waals surface area contributed by atoms with Crippen LogP contribution in [0.2, 0.25) is 0 Å². The summed E-state index contributed by atoms with van der Waals surface area (Å²) in [6, 6.07) is 1.71. The molecule has 0 saturated carbocycles. The van der Waals surface area contributed by atoms with E-state index in [1.54, 1.807) is 6.07 Å². The lowest BCUT2D eigenvalue weighted by Gasteiger charge is -2.14. The first-order valence-electron chi connectivity index (χ1n) is 5.80. The molecule has 0 aliphatic rings. The van der Waals surface area contributed by atoms with E-state index in [-0.39, 0.29) is 11.8 Å². The minimum Gasteiger partial charge on any atom is -0.478 e. The molecule has 18 heavy (non-hydrogen) atoms. The van der Waals surface area contributed by atoms with Crippen LogP contribution in [-0.2, 0) is 9.84 Å². The average molecular weight is 273 g/mol. The summed E-state index contributed by atoms with van der Waals surface area (Å²) < 4.78 is 27.4. The van der Waals surface area contributed by atoms with Gasteiger partial charge in [0.1, 0.15) is 22.0 Å². The zero-order chi connectivity index (χ0) is 13.6. The molecule has 1 rings (SSSR count). The van der Waals surface area contributed by atoms with Crippen molar-refractivity contribution < 1.29 is 13.2 Å². The van der Waals surface area contributed by atoms with Gasteiger partial charge >= 0.3 is 0 Å². The summed E-state index contributed by atoms with van der Waals surface area (Å²) in [7, 11) is -2.93. The Hall–Kier alpha value is -1.37. The molecule has 7 heteroatoms. The van der Waals surface area contributed by atoms with Crippen LogP contribution in [0.3, 0.4) is 0 Å². The highest BCUT2D eigenvalue weighted by Crippen LogP contribution is 2.12. The molecule has 0 saturated heterocycles. The van der Waals surface area contributed by atoms with Gasteiger partial charge in [0, 0.05) is 18.4 Å². The standard InChI is InChI=1S/C11H19N3O3S/c1-4-17-11-7-10(12-8-13-11)14-9(2)5-6-18(3,15)16/h7-9H,4-6H2,1-3H3,(H,12,13,14). The van der Waals surface area contributed by atoms with Gasteiger partial charge in [0.05, 0.1) is 12.4 Å². The van der Waals surface area contributed by atoms with Crippen LogP contribution in [0, 0.1) is 0 Å². The Bertz CT molecular complexity index is 476. The average Bonchev–Trinajstić information content (AvgIpc) is 2.26. The van der Waals surface area contributed by atoms with Gasteiger partial charge in [-0.1, -0.05) is 0 Å². The van der Waals surface area contributed by atoms with Crippen molar-refractivity contribution in [3.05, 3.63) is 12.4 Å². The third-order valence-electron chi connectivity index (χ3n) is 2.25. The highest BCUT2D eigenvalue weighted by atomic mass is 32.2. The Kier molecular flexibility index (Phi) is 5.33. The van der Waals surface area contributed by atoms with E-state index in [9.17, 15) is 8.42 Å². The van der Waals surface area contributed by atoms with Crippen molar-refractivity contribution in [1.29, 1.82) is 0 Å². The van der Waals surface area contributed by atoms with Gasteiger partial charge in [-0.3, -0.25) is 0 Å². The maximum Gasteiger partial charge on any atom is 0.218 e. The van der Waals surface area contributed by atoms with Gasteiger partial charge < -0.3 is 10.1 Å². The lowest BCUT2D eigenvalue weighted by molar-refractivity contribution is 0.326. The Morgan fingerprint density at radius 3 is 2.78 bits per heavy atom. The summed E-state index contributed by atoms with van der Waals surface area (Å²) >= 11 is 0. The molecular formula is C11H19N3O3S. The third-order valence-corrected chi connectivity index (χ3v) is 3.23. The van der Waals surface area contributed by atoms with Crippen molar-refractivity contribution in [2.75, 3.05) is 23.9 Å². The zero-order valence-electron chi connectivity index (χ0n) is 10.9. The Morgan fingerprint density at radius 2 is 2.17 bits per heavy atom. The van der Waals surface area contributed by atoms with Crippen LogP contribution in [0.5, 0.6) is 5.88 Å². The Morgan fingerprint density at radius 1 is 1.44 bits per heavy atom. The van der Waals surface area contributed by atoms with E-state index in [2.05, 4.69) is 15.3 Å². The minimum absolute atomic E-state index is 0.0177. The van der Waals surface area contributed by atoms with Gasteiger partial charge in [-0.05, 0) is 20.3 Å². The first-order valence-corrected chi connectivity index (χ1v) is 7.86. The maximum atomic E-state index is 11.1. The van der Waals surface area contributed by atoms with Crippen molar-refractivity contribution in [3.8, 4) is 5.88 Å². The van der Waals surface area contributed by atoms with Crippen LogP contribution in [0.1, 0.15) is 20.3 Å². The topological polar surface area (TPSA) is 81.2 Å². The number of nitrogens with zero attached hydrogens (tertiary/aromatic N) is 2. The van der Waals surface area contributed by atoms with Crippen molar-refractivity contribution in [3.63, 3.8) is 0 Å². The predicted octanol–water partition coefficient (Wildman–Crippen LogP) is 1.11. The molecule has 0 amide bonds. The number of rotatable bonds is 7. The summed E-state index contributed by atoms with van der Waals surface area (Å²) in [5.74, 6) is 1.30. The molecule has 6 nitrogen and oxygen atoms in total. The van der Waals surface area contributed by atoms with E-state index in [1.165, 1.54) is 12.6 Å².